The molecule has 21 heavy (non-hydrogen) atoms. The molecular weight excluding hydrogens is 354 g/mol. The van der Waals surface area contributed by atoms with Gasteiger partial charge in [0.05, 0.1) is 22.0 Å². The van der Waals surface area contributed by atoms with Crippen molar-refractivity contribution in [3.63, 3.8) is 0 Å². The van der Waals surface area contributed by atoms with E-state index in [0.29, 0.717) is 16.3 Å². The Morgan fingerprint density at radius 1 is 1.43 bits per heavy atom. The summed E-state index contributed by atoms with van der Waals surface area (Å²) >= 11 is 9.68. The van der Waals surface area contributed by atoms with E-state index in [2.05, 4.69) is 27.1 Å². The van der Waals surface area contributed by atoms with Crippen molar-refractivity contribution in [2.24, 2.45) is 0 Å². The molecule has 0 saturated carbocycles. The Bertz CT molecular complexity index is 691. The molecule has 1 aromatic carbocycles. The van der Waals surface area contributed by atoms with Crippen LogP contribution in [0.4, 0.5) is 0 Å². The average molecular weight is 369 g/mol. The first-order valence-corrected chi connectivity index (χ1v) is 7.84. The third kappa shape index (κ3) is 3.39. The average Bonchev–Trinajstić information content (AvgIpc) is 2.81. The molecule has 0 unspecified atom stereocenters. The van der Waals surface area contributed by atoms with Crippen molar-refractivity contribution in [2.45, 2.75) is 33.4 Å². The van der Waals surface area contributed by atoms with Crippen molar-refractivity contribution in [3.8, 4) is 11.8 Å². The first kappa shape index (κ1) is 15.9. The Morgan fingerprint density at radius 3 is 2.81 bits per heavy atom. The zero-order chi connectivity index (χ0) is 15.4. The maximum atomic E-state index is 9.14. The van der Waals surface area contributed by atoms with E-state index in [0.717, 1.165) is 28.8 Å². The van der Waals surface area contributed by atoms with Gasteiger partial charge >= 0.3 is 0 Å². The Hall–Kier alpha value is -1.51. The van der Waals surface area contributed by atoms with E-state index in [1.165, 1.54) is 0 Å². The molecule has 6 heteroatoms. The third-order valence-corrected chi connectivity index (χ3v) is 4.05. The minimum atomic E-state index is 0.288. The fourth-order valence-electron chi connectivity index (χ4n) is 2.02. The lowest BCUT2D eigenvalue weighted by atomic mass is 10.2. The highest BCUT2D eigenvalue weighted by Gasteiger charge is 2.15. The summed E-state index contributed by atoms with van der Waals surface area (Å²) in [7, 11) is 0. The molecule has 0 bridgehead atoms. The van der Waals surface area contributed by atoms with Gasteiger partial charge < -0.3 is 4.74 Å². The number of aromatic nitrogens is 2. The van der Waals surface area contributed by atoms with Crippen molar-refractivity contribution >= 4 is 27.5 Å². The van der Waals surface area contributed by atoms with Crippen LogP contribution in [-0.4, -0.2) is 9.78 Å². The summed E-state index contributed by atoms with van der Waals surface area (Å²) in [6.07, 6.45) is 0.778. The van der Waals surface area contributed by atoms with E-state index in [-0.39, 0.29) is 6.61 Å². The van der Waals surface area contributed by atoms with Crippen molar-refractivity contribution in [3.05, 3.63) is 44.6 Å². The quantitative estimate of drug-likeness (QED) is 0.789. The number of aryl methyl sites for hydroxylation is 2. The summed E-state index contributed by atoms with van der Waals surface area (Å²) in [4.78, 5) is 0. The highest BCUT2D eigenvalue weighted by molar-refractivity contribution is 9.10. The van der Waals surface area contributed by atoms with Crippen molar-refractivity contribution in [1.29, 1.82) is 5.26 Å². The normalized spacial score (nSPS) is 10.4. The largest absolute Gasteiger partial charge is 0.486 e. The number of halogens is 2. The number of ether oxygens (including phenoxy) is 1. The van der Waals surface area contributed by atoms with Gasteiger partial charge in [0.2, 0.25) is 0 Å². The van der Waals surface area contributed by atoms with Crippen LogP contribution in [0.1, 0.15) is 30.8 Å². The van der Waals surface area contributed by atoms with Crippen molar-refractivity contribution in [2.75, 3.05) is 0 Å². The summed E-state index contributed by atoms with van der Waals surface area (Å²) in [6.45, 7) is 5.04. The molecule has 0 saturated heterocycles. The molecule has 0 radical (unpaired) electrons. The smallest absolute Gasteiger partial charge is 0.137 e. The van der Waals surface area contributed by atoms with Gasteiger partial charge in [0.1, 0.15) is 18.4 Å². The zero-order valence-electron chi connectivity index (χ0n) is 11.9. The number of rotatable bonds is 5. The van der Waals surface area contributed by atoms with E-state index in [4.69, 9.17) is 21.6 Å². The van der Waals surface area contributed by atoms with Crippen molar-refractivity contribution in [1.82, 2.24) is 9.78 Å². The SMILES string of the molecule is CCc1nn(CC)c(COc2ccc(Br)cc2C#N)c1Cl. The maximum absolute atomic E-state index is 9.14. The van der Waals surface area contributed by atoms with Crippen LogP contribution >= 0.6 is 27.5 Å². The van der Waals surface area contributed by atoms with Crippen LogP contribution in [0.15, 0.2) is 22.7 Å². The molecular formula is C15H15BrClN3O. The van der Waals surface area contributed by atoms with Gasteiger partial charge in [0, 0.05) is 11.0 Å². The molecule has 0 aliphatic heterocycles. The Morgan fingerprint density at radius 2 is 2.19 bits per heavy atom. The molecule has 0 aliphatic rings. The molecule has 0 spiro atoms. The fraction of sp³-hybridized carbons (Fsp3) is 0.333. The standard InChI is InChI=1S/C15H15BrClN3O/c1-3-12-15(17)13(20(4-2)19-12)9-21-14-6-5-11(16)7-10(14)8-18/h5-7H,3-4,9H2,1-2H3. The van der Waals surface area contributed by atoms with Crippen LogP contribution in [0.2, 0.25) is 5.02 Å². The molecule has 0 amide bonds. The fourth-order valence-corrected chi connectivity index (χ4v) is 2.70. The first-order valence-electron chi connectivity index (χ1n) is 6.67. The molecule has 0 N–H and O–H groups in total. The summed E-state index contributed by atoms with van der Waals surface area (Å²) in [6, 6.07) is 7.46. The number of nitrogens with zero attached hydrogens (tertiary/aromatic N) is 3. The second-order valence-electron chi connectivity index (χ2n) is 4.42. The highest BCUT2D eigenvalue weighted by atomic mass is 79.9. The second-order valence-corrected chi connectivity index (χ2v) is 5.71. The van der Waals surface area contributed by atoms with Crippen LogP contribution in [0.3, 0.4) is 0 Å². The number of hydrogen-bond donors (Lipinski definition) is 0. The lowest BCUT2D eigenvalue weighted by molar-refractivity contribution is 0.291. The topological polar surface area (TPSA) is 50.8 Å². The summed E-state index contributed by atoms with van der Waals surface area (Å²) < 4.78 is 8.44. The molecule has 0 atom stereocenters. The highest BCUT2D eigenvalue weighted by Crippen LogP contribution is 2.26. The minimum absolute atomic E-state index is 0.288. The molecule has 110 valence electrons. The van der Waals surface area contributed by atoms with Gasteiger partial charge in [-0.05, 0) is 31.5 Å². The molecule has 0 aliphatic carbocycles. The summed E-state index contributed by atoms with van der Waals surface area (Å²) in [5.74, 6) is 0.540. The lowest BCUT2D eigenvalue weighted by Crippen LogP contribution is -2.07. The third-order valence-electron chi connectivity index (χ3n) is 3.12. The number of hydrogen-bond acceptors (Lipinski definition) is 3. The molecule has 1 aromatic heterocycles. The summed E-state index contributed by atoms with van der Waals surface area (Å²) in [5.41, 5.74) is 2.19. The number of nitriles is 1. The Labute approximate surface area is 137 Å². The van der Waals surface area contributed by atoms with E-state index in [1.54, 1.807) is 12.1 Å². The summed E-state index contributed by atoms with van der Waals surface area (Å²) in [5, 5.41) is 14.2. The van der Waals surface area contributed by atoms with Crippen LogP contribution in [0.5, 0.6) is 5.75 Å². The van der Waals surface area contributed by atoms with Gasteiger partial charge in [0.25, 0.3) is 0 Å². The van der Waals surface area contributed by atoms with Gasteiger partial charge in [-0.3, -0.25) is 4.68 Å². The number of benzene rings is 1. The molecule has 2 rings (SSSR count). The Kier molecular flexibility index (Phi) is 5.27. The van der Waals surface area contributed by atoms with E-state index in [9.17, 15) is 0 Å². The molecule has 0 fully saturated rings. The van der Waals surface area contributed by atoms with Crippen LogP contribution in [0, 0.1) is 11.3 Å². The van der Waals surface area contributed by atoms with Gasteiger partial charge in [-0.15, -0.1) is 0 Å². The predicted octanol–water partition coefficient (Wildman–Crippen LogP) is 4.33. The molecule has 1 heterocycles. The van der Waals surface area contributed by atoms with Crippen LogP contribution in [-0.2, 0) is 19.6 Å². The predicted molar refractivity (Wildman–Crippen MR) is 85.5 cm³/mol. The monoisotopic (exact) mass is 367 g/mol. The minimum Gasteiger partial charge on any atom is -0.486 e. The van der Waals surface area contributed by atoms with Gasteiger partial charge in [0.15, 0.2) is 0 Å². The van der Waals surface area contributed by atoms with Crippen LogP contribution < -0.4 is 4.74 Å². The van der Waals surface area contributed by atoms with Gasteiger partial charge in [-0.1, -0.05) is 34.5 Å². The zero-order valence-corrected chi connectivity index (χ0v) is 14.2. The second kappa shape index (κ2) is 6.97. The van der Waals surface area contributed by atoms with E-state index < -0.39 is 0 Å². The van der Waals surface area contributed by atoms with E-state index in [1.807, 2.05) is 24.6 Å². The first-order chi connectivity index (χ1) is 10.1. The van der Waals surface area contributed by atoms with Crippen LogP contribution in [0.25, 0.3) is 0 Å². The van der Waals surface area contributed by atoms with Crippen molar-refractivity contribution < 1.29 is 4.74 Å². The maximum Gasteiger partial charge on any atom is 0.137 e. The lowest BCUT2D eigenvalue weighted by Gasteiger charge is -2.09. The molecule has 2 aromatic rings. The van der Waals surface area contributed by atoms with Gasteiger partial charge in [-0.25, -0.2) is 0 Å². The Balaban J connectivity index is 2.25. The van der Waals surface area contributed by atoms with E-state index >= 15 is 0 Å². The molecule has 4 nitrogen and oxygen atoms in total. The van der Waals surface area contributed by atoms with Gasteiger partial charge in [-0.2, -0.15) is 10.4 Å².